The zero-order valence-corrected chi connectivity index (χ0v) is 15.3. The first-order valence-electron chi connectivity index (χ1n) is 8.51. The fraction of sp³-hybridized carbons (Fsp3) is 0.368. The van der Waals surface area contributed by atoms with Crippen molar-refractivity contribution in [3.63, 3.8) is 0 Å². The fourth-order valence-electron chi connectivity index (χ4n) is 2.64. The molecule has 0 aliphatic carbocycles. The van der Waals surface area contributed by atoms with E-state index in [1.807, 2.05) is 0 Å². The Kier molecular flexibility index (Phi) is 6.68. The summed E-state index contributed by atoms with van der Waals surface area (Å²) < 4.78 is 131. The van der Waals surface area contributed by atoms with Gasteiger partial charge in [0.15, 0.2) is 0 Å². The number of aliphatic hydroxyl groups is 1. The van der Waals surface area contributed by atoms with Gasteiger partial charge in [-0.15, -0.1) is 0 Å². The number of hydrogen-bond donors (Lipinski definition) is 2. The number of halogens is 10. The highest BCUT2D eigenvalue weighted by Gasteiger charge is 2.73. The minimum atomic E-state index is -6.56. The minimum Gasteiger partial charge on any atom is -0.367 e. The molecule has 0 aliphatic rings. The minimum absolute atomic E-state index is 0.0694. The molecule has 0 heterocycles. The van der Waals surface area contributed by atoms with E-state index in [0.717, 1.165) is 6.07 Å². The molecule has 0 bridgehead atoms. The molecule has 172 valence electrons. The standard InChI is InChI=1S/C19H15F10NO/c20-16(21,17(22,23)19(27,28)29)14-8-4-7-13(9-14)11-30-15(31,18(24,25)26)10-12-5-2-1-3-6-12/h1-9,30-31H,10-11H2. The van der Waals surface area contributed by atoms with Crippen molar-refractivity contribution in [2.24, 2.45) is 0 Å². The van der Waals surface area contributed by atoms with Crippen LogP contribution in [-0.2, 0) is 18.9 Å². The summed E-state index contributed by atoms with van der Waals surface area (Å²) in [6.45, 7) is -0.954. The van der Waals surface area contributed by atoms with E-state index >= 15 is 0 Å². The lowest BCUT2D eigenvalue weighted by molar-refractivity contribution is -0.359. The van der Waals surface area contributed by atoms with E-state index < -0.39 is 54.0 Å². The van der Waals surface area contributed by atoms with Crippen molar-refractivity contribution in [3.8, 4) is 0 Å². The number of rotatable bonds is 7. The summed E-state index contributed by atoms with van der Waals surface area (Å²) >= 11 is 0. The predicted octanol–water partition coefficient (Wildman–Crippen LogP) is 5.56. The molecule has 0 saturated heterocycles. The molecule has 0 amide bonds. The highest BCUT2D eigenvalue weighted by molar-refractivity contribution is 5.29. The topological polar surface area (TPSA) is 32.3 Å². The number of nitrogens with one attached hydrogen (secondary N) is 1. The summed E-state index contributed by atoms with van der Waals surface area (Å²) in [6, 6.07) is 9.06. The molecule has 0 aromatic heterocycles. The van der Waals surface area contributed by atoms with E-state index in [-0.39, 0.29) is 11.6 Å². The number of alkyl halides is 10. The molecule has 1 unspecified atom stereocenters. The zero-order valence-electron chi connectivity index (χ0n) is 15.3. The van der Waals surface area contributed by atoms with Gasteiger partial charge in [-0.25, -0.2) is 0 Å². The van der Waals surface area contributed by atoms with Crippen molar-refractivity contribution in [1.82, 2.24) is 5.32 Å². The summed E-state index contributed by atoms with van der Waals surface area (Å²) in [4.78, 5) is 0. The average molecular weight is 463 g/mol. The van der Waals surface area contributed by atoms with Crippen LogP contribution in [0.15, 0.2) is 54.6 Å². The molecule has 0 saturated carbocycles. The second kappa shape index (κ2) is 8.30. The summed E-state index contributed by atoms with van der Waals surface area (Å²) in [5.74, 6) is -12.1. The first-order valence-corrected chi connectivity index (χ1v) is 8.51. The van der Waals surface area contributed by atoms with Crippen molar-refractivity contribution in [2.75, 3.05) is 0 Å². The number of benzene rings is 2. The smallest absolute Gasteiger partial charge is 0.367 e. The van der Waals surface area contributed by atoms with Gasteiger partial charge >= 0.3 is 24.2 Å². The Hall–Kier alpha value is -2.34. The normalized spacial score (nSPS) is 15.6. The fourth-order valence-corrected chi connectivity index (χ4v) is 2.64. The molecule has 0 radical (unpaired) electrons. The van der Waals surface area contributed by atoms with Crippen LogP contribution in [-0.4, -0.2) is 29.1 Å². The van der Waals surface area contributed by atoms with Crippen LogP contribution in [0.25, 0.3) is 0 Å². The second-order valence-corrected chi connectivity index (χ2v) is 6.72. The Balaban J connectivity index is 2.29. The summed E-state index contributed by atoms with van der Waals surface area (Å²) in [5, 5.41) is 11.8. The molecule has 0 spiro atoms. The summed E-state index contributed by atoms with van der Waals surface area (Å²) in [5.41, 5.74) is -5.68. The lowest BCUT2D eigenvalue weighted by Crippen LogP contribution is -2.58. The van der Waals surface area contributed by atoms with Crippen molar-refractivity contribution < 1.29 is 49.0 Å². The molecule has 12 heteroatoms. The predicted molar refractivity (Wildman–Crippen MR) is 89.3 cm³/mol. The van der Waals surface area contributed by atoms with Crippen LogP contribution in [0.4, 0.5) is 43.9 Å². The molecular weight excluding hydrogens is 448 g/mol. The van der Waals surface area contributed by atoms with Crippen LogP contribution in [0, 0.1) is 0 Å². The van der Waals surface area contributed by atoms with Crippen LogP contribution in [0.2, 0.25) is 0 Å². The van der Waals surface area contributed by atoms with Gasteiger partial charge in [0.1, 0.15) is 0 Å². The van der Waals surface area contributed by atoms with Crippen LogP contribution in [0.1, 0.15) is 16.7 Å². The number of hydrogen-bond acceptors (Lipinski definition) is 2. The molecule has 1 atom stereocenters. The van der Waals surface area contributed by atoms with E-state index in [4.69, 9.17) is 0 Å². The Morgan fingerprint density at radius 3 is 1.74 bits per heavy atom. The Bertz CT molecular complexity index is 879. The maximum absolute atomic E-state index is 13.8. The van der Waals surface area contributed by atoms with Crippen molar-refractivity contribution >= 4 is 0 Å². The first-order chi connectivity index (χ1) is 14.0. The van der Waals surface area contributed by atoms with Crippen LogP contribution >= 0.6 is 0 Å². The van der Waals surface area contributed by atoms with Gasteiger partial charge in [0, 0.05) is 18.5 Å². The van der Waals surface area contributed by atoms with Gasteiger partial charge in [0.05, 0.1) is 0 Å². The van der Waals surface area contributed by atoms with E-state index in [1.165, 1.54) is 30.3 Å². The van der Waals surface area contributed by atoms with Gasteiger partial charge in [-0.05, 0) is 17.2 Å². The van der Waals surface area contributed by atoms with Gasteiger partial charge in [0.2, 0.25) is 5.72 Å². The van der Waals surface area contributed by atoms with Gasteiger partial charge in [0.25, 0.3) is 0 Å². The van der Waals surface area contributed by atoms with Crippen LogP contribution < -0.4 is 5.32 Å². The van der Waals surface area contributed by atoms with E-state index in [1.54, 1.807) is 5.32 Å². The highest BCUT2D eigenvalue weighted by Crippen LogP contribution is 2.51. The summed E-state index contributed by atoms with van der Waals surface area (Å²) in [6.07, 6.45) is -12.8. The SMILES string of the molecule is OC(Cc1ccccc1)(NCc1cccc(C(F)(F)C(F)(F)C(F)(F)F)c1)C(F)(F)F. The van der Waals surface area contributed by atoms with Gasteiger partial charge < -0.3 is 5.11 Å². The molecule has 0 fully saturated rings. The Labute approximate surface area is 169 Å². The zero-order chi connectivity index (χ0) is 23.7. The van der Waals surface area contributed by atoms with Gasteiger partial charge in [-0.2, -0.15) is 43.9 Å². The molecule has 2 N–H and O–H groups in total. The molecule has 2 aromatic carbocycles. The second-order valence-electron chi connectivity index (χ2n) is 6.72. The molecule has 2 aromatic rings. The third-order valence-corrected chi connectivity index (χ3v) is 4.40. The van der Waals surface area contributed by atoms with Crippen molar-refractivity contribution in [1.29, 1.82) is 0 Å². The molecule has 2 rings (SSSR count). The maximum atomic E-state index is 13.8. The lowest BCUT2D eigenvalue weighted by atomic mass is 9.98. The molecular formula is C19H15F10NO. The highest BCUT2D eigenvalue weighted by atomic mass is 19.4. The Morgan fingerprint density at radius 1 is 0.677 bits per heavy atom. The van der Waals surface area contributed by atoms with Crippen molar-refractivity contribution in [2.45, 2.75) is 42.9 Å². The molecule has 2 nitrogen and oxygen atoms in total. The van der Waals surface area contributed by atoms with E-state index in [0.29, 0.717) is 12.1 Å². The first kappa shape index (κ1) is 24.9. The maximum Gasteiger partial charge on any atom is 0.460 e. The Morgan fingerprint density at radius 2 is 1.23 bits per heavy atom. The monoisotopic (exact) mass is 463 g/mol. The van der Waals surface area contributed by atoms with Gasteiger partial charge in [-0.3, -0.25) is 5.32 Å². The molecule has 31 heavy (non-hydrogen) atoms. The van der Waals surface area contributed by atoms with E-state index in [2.05, 4.69) is 0 Å². The van der Waals surface area contributed by atoms with Crippen LogP contribution in [0.3, 0.4) is 0 Å². The third-order valence-electron chi connectivity index (χ3n) is 4.40. The quantitative estimate of drug-likeness (QED) is 0.417. The van der Waals surface area contributed by atoms with E-state index in [9.17, 15) is 49.0 Å². The van der Waals surface area contributed by atoms with Crippen LogP contribution in [0.5, 0.6) is 0 Å². The third kappa shape index (κ3) is 5.12. The van der Waals surface area contributed by atoms with Gasteiger partial charge in [-0.1, -0.05) is 48.5 Å². The lowest BCUT2D eigenvalue weighted by Gasteiger charge is -2.32. The molecule has 0 aliphatic heterocycles. The largest absolute Gasteiger partial charge is 0.460 e. The average Bonchev–Trinajstić information content (AvgIpc) is 2.65. The summed E-state index contributed by atoms with van der Waals surface area (Å²) in [7, 11) is 0. The van der Waals surface area contributed by atoms with Crippen molar-refractivity contribution in [3.05, 3.63) is 71.3 Å².